The fourth-order valence-electron chi connectivity index (χ4n) is 6.10. The second-order valence-corrected chi connectivity index (χ2v) is 15.1. The van der Waals surface area contributed by atoms with Crippen LogP contribution in [0.2, 0.25) is 0 Å². The lowest BCUT2D eigenvalue weighted by molar-refractivity contribution is -0.152. The lowest BCUT2D eigenvalue weighted by Gasteiger charge is -2.12. The van der Waals surface area contributed by atoms with Crippen LogP contribution in [0, 0.1) is 5.92 Å². The Kier molecular flexibility index (Phi) is 37.8. The van der Waals surface area contributed by atoms with Crippen LogP contribution >= 0.6 is 0 Å². The Hall–Kier alpha value is -1.92. The molecule has 2 N–H and O–H groups in total. The Balaban J connectivity index is 3.56. The van der Waals surface area contributed by atoms with E-state index in [1.165, 1.54) is 128 Å². The molecule has 6 nitrogen and oxygen atoms in total. The SMILES string of the molecule is CCCCCCCC/C=C/C/C=C/C=C/C(O)CCCC(=O)OC[C@H](O)COC(=O)CCCCCCCCCCCCCCCCCCC(C)C. The van der Waals surface area contributed by atoms with Gasteiger partial charge >= 0.3 is 11.9 Å². The normalized spacial score (nSPS) is 13.2. The molecule has 0 saturated carbocycles. The van der Waals surface area contributed by atoms with Gasteiger partial charge in [0.1, 0.15) is 19.3 Å². The summed E-state index contributed by atoms with van der Waals surface area (Å²) in [6.45, 7) is 6.50. The summed E-state index contributed by atoms with van der Waals surface area (Å²) in [6, 6.07) is 0. The van der Waals surface area contributed by atoms with Gasteiger partial charge in [0.25, 0.3) is 0 Å². The van der Waals surface area contributed by atoms with E-state index in [4.69, 9.17) is 9.47 Å². The van der Waals surface area contributed by atoms with E-state index in [0.717, 1.165) is 38.0 Å². The van der Waals surface area contributed by atoms with Crippen molar-refractivity contribution >= 4 is 11.9 Å². The van der Waals surface area contributed by atoms with E-state index >= 15 is 0 Å². The van der Waals surface area contributed by atoms with Gasteiger partial charge in [0, 0.05) is 12.8 Å². The molecule has 6 heteroatoms. The molecule has 51 heavy (non-hydrogen) atoms. The highest BCUT2D eigenvalue weighted by Crippen LogP contribution is 2.15. The lowest BCUT2D eigenvalue weighted by atomic mass is 10.0. The predicted molar refractivity (Wildman–Crippen MR) is 216 cm³/mol. The molecule has 0 aromatic carbocycles. The van der Waals surface area contributed by atoms with Crippen molar-refractivity contribution in [3.8, 4) is 0 Å². The van der Waals surface area contributed by atoms with E-state index in [2.05, 4.69) is 39.0 Å². The highest BCUT2D eigenvalue weighted by atomic mass is 16.6. The topological polar surface area (TPSA) is 93.1 Å². The zero-order chi connectivity index (χ0) is 37.5. The molecular weight excluding hydrogens is 636 g/mol. The Labute approximate surface area is 315 Å². The van der Waals surface area contributed by atoms with Crippen molar-refractivity contribution in [2.24, 2.45) is 5.92 Å². The van der Waals surface area contributed by atoms with Gasteiger partial charge in [-0.15, -0.1) is 0 Å². The molecule has 0 saturated heterocycles. The molecule has 298 valence electrons. The van der Waals surface area contributed by atoms with Crippen LogP contribution in [-0.2, 0) is 19.1 Å². The minimum atomic E-state index is -1.03. The molecule has 0 aromatic heterocycles. The van der Waals surface area contributed by atoms with Crippen LogP contribution in [0.4, 0.5) is 0 Å². The molecule has 2 atom stereocenters. The third-order valence-electron chi connectivity index (χ3n) is 9.41. The number of ether oxygens (including phenoxy) is 2. The summed E-state index contributed by atoms with van der Waals surface area (Å²) in [5.74, 6) is 0.103. The number of esters is 2. The van der Waals surface area contributed by atoms with Crippen LogP contribution in [0.25, 0.3) is 0 Å². The third-order valence-corrected chi connectivity index (χ3v) is 9.41. The maximum absolute atomic E-state index is 12.0. The highest BCUT2D eigenvalue weighted by molar-refractivity contribution is 5.69. The minimum absolute atomic E-state index is 0.162. The number of allylic oxidation sites excluding steroid dienone is 5. The Morgan fingerprint density at radius 2 is 1.00 bits per heavy atom. The van der Waals surface area contributed by atoms with E-state index in [0.29, 0.717) is 19.3 Å². The number of unbranched alkanes of at least 4 members (excludes halogenated alkanes) is 21. The predicted octanol–water partition coefficient (Wildman–Crippen LogP) is 12.5. The van der Waals surface area contributed by atoms with Crippen molar-refractivity contribution in [1.82, 2.24) is 0 Å². The Bertz CT molecular complexity index is 848. The number of carbonyl (C=O) groups excluding carboxylic acids is 2. The summed E-state index contributed by atoms with van der Waals surface area (Å²) in [5, 5.41) is 20.1. The standard InChI is InChI=1S/C45H82O6/c1-4-5-6-7-8-9-10-15-19-22-25-28-31-35-42(46)36-33-38-45(49)51-40-43(47)39-50-44(48)37-32-29-26-23-20-17-14-12-11-13-16-18-21-24-27-30-34-41(2)3/h15,19,25,28,31,35,41-43,46-47H,4-14,16-18,20-24,26-27,29-30,32-34,36-40H2,1-3H3/b19-15+,28-25+,35-31+/t42?,43-/m1/s1. The van der Waals surface area contributed by atoms with Crippen LogP contribution in [0.5, 0.6) is 0 Å². The summed E-state index contributed by atoms with van der Waals surface area (Å²) in [4.78, 5) is 24.0. The molecule has 0 fully saturated rings. The molecule has 0 rings (SSSR count). The molecule has 0 bridgehead atoms. The van der Waals surface area contributed by atoms with Crippen LogP contribution in [0.1, 0.15) is 207 Å². The molecule has 0 aromatic rings. The molecule has 0 aliphatic rings. The fraction of sp³-hybridized carbons (Fsp3) is 0.822. The first-order chi connectivity index (χ1) is 24.8. The third kappa shape index (κ3) is 40.7. The van der Waals surface area contributed by atoms with Crippen LogP contribution in [0.15, 0.2) is 36.5 Å². The lowest BCUT2D eigenvalue weighted by Crippen LogP contribution is -2.25. The van der Waals surface area contributed by atoms with Gasteiger partial charge in [-0.2, -0.15) is 0 Å². The van der Waals surface area contributed by atoms with Gasteiger partial charge in [0.15, 0.2) is 0 Å². The second-order valence-electron chi connectivity index (χ2n) is 15.1. The quantitative estimate of drug-likeness (QED) is 0.0286. The van der Waals surface area contributed by atoms with Crippen molar-refractivity contribution in [2.75, 3.05) is 13.2 Å². The van der Waals surface area contributed by atoms with Crippen molar-refractivity contribution in [1.29, 1.82) is 0 Å². The highest BCUT2D eigenvalue weighted by Gasteiger charge is 2.12. The van der Waals surface area contributed by atoms with Gasteiger partial charge in [-0.05, 0) is 44.4 Å². The Morgan fingerprint density at radius 3 is 1.53 bits per heavy atom. The first-order valence-corrected chi connectivity index (χ1v) is 21.5. The maximum atomic E-state index is 12.0. The van der Waals surface area contributed by atoms with Gasteiger partial charge in [-0.25, -0.2) is 0 Å². The zero-order valence-corrected chi connectivity index (χ0v) is 33.6. The zero-order valence-electron chi connectivity index (χ0n) is 33.6. The number of aliphatic hydroxyl groups excluding tert-OH is 2. The molecule has 0 amide bonds. The van der Waals surface area contributed by atoms with Crippen molar-refractivity contribution in [3.05, 3.63) is 36.5 Å². The summed E-state index contributed by atoms with van der Waals surface area (Å²) in [6.07, 6.45) is 43.8. The van der Waals surface area contributed by atoms with E-state index < -0.39 is 18.2 Å². The summed E-state index contributed by atoms with van der Waals surface area (Å²) in [5.41, 5.74) is 0. The maximum Gasteiger partial charge on any atom is 0.305 e. The number of aliphatic hydroxyl groups is 2. The second kappa shape index (κ2) is 39.3. The van der Waals surface area contributed by atoms with Crippen LogP contribution in [-0.4, -0.2) is 47.6 Å². The van der Waals surface area contributed by atoms with E-state index in [-0.39, 0.29) is 25.6 Å². The molecule has 0 aliphatic heterocycles. The number of rotatable bonds is 38. The molecule has 0 heterocycles. The van der Waals surface area contributed by atoms with E-state index in [1.54, 1.807) is 6.08 Å². The van der Waals surface area contributed by atoms with Crippen LogP contribution in [0.3, 0.4) is 0 Å². The van der Waals surface area contributed by atoms with Crippen molar-refractivity contribution < 1.29 is 29.3 Å². The van der Waals surface area contributed by atoms with E-state index in [1.807, 2.05) is 12.2 Å². The smallest absolute Gasteiger partial charge is 0.305 e. The molecule has 0 spiro atoms. The fourth-order valence-corrected chi connectivity index (χ4v) is 6.10. The number of hydrogen-bond acceptors (Lipinski definition) is 6. The Morgan fingerprint density at radius 1 is 0.529 bits per heavy atom. The van der Waals surface area contributed by atoms with Gasteiger partial charge in [-0.1, -0.05) is 192 Å². The molecular formula is C45H82O6. The minimum Gasteiger partial charge on any atom is -0.463 e. The summed E-state index contributed by atoms with van der Waals surface area (Å²) >= 11 is 0. The van der Waals surface area contributed by atoms with Crippen molar-refractivity contribution in [2.45, 2.75) is 219 Å². The van der Waals surface area contributed by atoms with Gasteiger partial charge in [-0.3, -0.25) is 9.59 Å². The summed E-state index contributed by atoms with van der Waals surface area (Å²) < 4.78 is 10.3. The van der Waals surface area contributed by atoms with Gasteiger partial charge in [0.05, 0.1) is 6.10 Å². The van der Waals surface area contributed by atoms with E-state index in [9.17, 15) is 19.8 Å². The number of hydrogen-bond donors (Lipinski definition) is 2. The van der Waals surface area contributed by atoms with Gasteiger partial charge in [0.2, 0.25) is 0 Å². The molecule has 0 aliphatic carbocycles. The monoisotopic (exact) mass is 719 g/mol. The van der Waals surface area contributed by atoms with Gasteiger partial charge < -0.3 is 19.7 Å². The molecule has 0 radical (unpaired) electrons. The molecule has 1 unspecified atom stereocenters. The van der Waals surface area contributed by atoms with Crippen molar-refractivity contribution in [3.63, 3.8) is 0 Å². The summed E-state index contributed by atoms with van der Waals surface area (Å²) in [7, 11) is 0. The first kappa shape index (κ1) is 49.1. The largest absolute Gasteiger partial charge is 0.463 e. The number of carbonyl (C=O) groups is 2. The average molecular weight is 719 g/mol. The average Bonchev–Trinajstić information content (AvgIpc) is 3.11. The van der Waals surface area contributed by atoms with Crippen LogP contribution < -0.4 is 0 Å². The first-order valence-electron chi connectivity index (χ1n) is 21.5.